The predicted octanol–water partition coefficient (Wildman–Crippen LogP) is 3.08. The topological polar surface area (TPSA) is 101 Å². The van der Waals surface area contributed by atoms with Crippen molar-refractivity contribution < 1.29 is 23.9 Å². The van der Waals surface area contributed by atoms with E-state index in [9.17, 15) is 14.4 Å². The van der Waals surface area contributed by atoms with Crippen molar-refractivity contribution in [3.05, 3.63) is 53.9 Å². The molecule has 0 bridgehead atoms. The number of rotatable bonds is 4. The zero-order chi connectivity index (χ0) is 25.8. The van der Waals surface area contributed by atoms with Crippen LogP contribution in [0.15, 0.2) is 42.7 Å². The van der Waals surface area contributed by atoms with Crippen molar-refractivity contribution in [1.29, 1.82) is 0 Å². The van der Waals surface area contributed by atoms with Gasteiger partial charge < -0.3 is 24.6 Å². The van der Waals surface area contributed by atoms with Gasteiger partial charge in [-0.2, -0.15) is 0 Å². The van der Waals surface area contributed by atoms with Gasteiger partial charge in [0, 0.05) is 62.7 Å². The van der Waals surface area contributed by atoms with Crippen LogP contribution in [0.3, 0.4) is 0 Å². The average Bonchev–Trinajstić information content (AvgIpc) is 3.74. The Balaban J connectivity index is 1.65. The molecule has 1 aromatic heterocycles. The third-order valence-electron chi connectivity index (χ3n) is 6.85. The summed E-state index contributed by atoms with van der Waals surface area (Å²) in [4.78, 5) is 46.6. The third-order valence-corrected chi connectivity index (χ3v) is 6.85. The number of hydrogen-bond donors (Lipinski definition) is 1. The Morgan fingerprint density at radius 1 is 1.11 bits per heavy atom. The number of fused-ring (bicyclic) bond motifs is 1. The monoisotopic (exact) mass is 494 g/mol. The number of carbonyl (C=O) groups excluding carboxylic acids is 3. The number of benzene rings is 1. The first-order valence-electron chi connectivity index (χ1n) is 12.4. The zero-order valence-corrected chi connectivity index (χ0v) is 21.3. The van der Waals surface area contributed by atoms with Crippen molar-refractivity contribution in [2.45, 2.75) is 38.8 Å². The van der Waals surface area contributed by atoms with Crippen LogP contribution in [0.2, 0.25) is 0 Å². The molecule has 1 fully saturated rings. The standard InChI is InChI=1S/C27H34N4O5/c1-17-14-31(26(33)20-9-11-28-12-10-20)18(2)16-36-23-8-7-21(29-25(32)19-5-6-19)13-22(23)27(34)30(3)15-24(17)35-4/h7-13,17-19,24H,5-6,14-16H2,1-4H3,(H,29,32)/t17-,18+,24+/m0/s1. The molecule has 1 aliphatic heterocycles. The second kappa shape index (κ2) is 11.1. The number of likely N-dealkylation sites (N-methyl/N-ethyl adjacent to an activating group) is 1. The lowest BCUT2D eigenvalue weighted by molar-refractivity contribution is -0.117. The quantitative estimate of drug-likeness (QED) is 0.701. The molecule has 9 heteroatoms. The molecule has 192 valence electrons. The summed E-state index contributed by atoms with van der Waals surface area (Å²) in [5.41, 5.74) is 1.46. The molecule has 2 heterocycles. The Hall–Kier alpha value is -3.46. The van der Waals surface area contributed by atoms with Crippen LogP contribution in [0.4, 0.5) is 5.69 Å². The molecule has 0 unspecified atom stereocenters. The number of amides is 3. The van der Waals surface area contributed by atoms with E-state index in [2.05, 4.69) is 10.3 Å². The minimum absolute atomic E-state index is 0.0306. The van der Waals surface area contributed by atoms with E-state index in [1.54, 1.807) is 66.7 Å². The number of nitrogens with one attached hydrogen (secondary N) is 1. The summed E-state index contributed by atoms with van der Waals surface area (Å²) in [6.07, 6.45) is 4.70. The van der Waals surface area contributed by atoms with Crippen LogP contribution in [0.5, 0.6) is 5.75 Å². The SMILES string of the molecule is CO[C@@H]1CN(C)C(=O)c2cc(NC(=O)C3CC3)ccc2OC[C@@H](C)N(C(=O)c2ccncc2)C[C@@H]1C. The molecule has 3 atom stereocenters. The van der Waals surface area contributed by atoms with E-state index in [1.807, 2.05) is 13.8 Å². The van der Waals surface area contributed by atoms with E-state index in [1.165, 1.54) is 0 Å². The zero-order valence-electron chi connectivity index (χ0n) is 21.3. The number of methoxy groups -OCH3 is 1. The molecule has 1 aromatic carbocycles. The van der Waals surface area contributed by atoms with Crippen molar-refractivity contribution >= 4 is 23.4 Å². The molecule has 2 aliphatic rings. The molecular formula is C27H34N4O5. The Bertz CT molecular complexity index is 1100. The first kappa shape index (κ1) is 25.6. The minimum atomic E-state index is -0.291. The van der Waals surface area contributed by atoms with Crippen LogP contribution >= 0.6 is 0 Å². The van der Waals surface area contributed by atoms with Crippen LogP contribution in [-0.4, -0.2) is 78.5 Å². The predicted molar refractivity (Wildman–Crippen MR) is 135 cm³/mol. The molecule has 36 heavy (non-hydrogen) atoms. The maximum Gasteiger partial charge on any atom is 0.257 e. The number of aromatic nitrogens is 1. The van der Waals surface area contributed by atoms with Crippen molar-refractivity contribution in [3.63, 3.8) is 0 Å². The summed E-state index contributed by atoms with van der Waals surface area (Å²) in [7, 11) is 3.33. The van der Waals surface area contributed by atoms with Crippen molar-refractivity contribution in [2.24, 2.45) is 11.8 Å². The van der Waals surface area contributed by atoms with E-state index in [0.29, 0.717) is 35.7 Å². The summed E-state index contributed by atoms with van der Waals surface area (Å²) in [5, 5.41) is 2.90. The van der Waals surface area contributed by atoms with E-state index in [-0.39, 0.29) is 48.3 Å². The molecule has 1 saturated carbocycles. The largest absolute Gasteiger partial charge is 0.491 e. The minimum Gasteiger partial charge on any atom is -0.491 e. The number of nitrogens with zero attached hydrogens (tertiary/aromatic N) is 3. The van der Waals surface area contributed by atoms with Gasteiger partial charge in [0.2, 0.25) is 5.91 Å². The number of carbonyl (C=O) groups is 3. The summed E-state index contributed by atoms with van der Waals surface area (Å²) in [6.45, 7) is 4.90. The lowest BCUT2D eigenvalue weighted by Gasteiger charge is -2.36. The third kappa shape index (κ3) is 5.84. The van der Waals surface area contributed by atoms with Gasteiger partial charge in [-0.1, -0.05) is 6.92 Å². The number of hydrogen-bond acceptors (Lipinski definition) is 6. The Morgan fingerprint density at radius 3 is 2.50 bits per heavy atom. The van der Waals surface area contributed by atoms with Gasteiger partial charge in [-0.15, -0.1) is 0 Å². The first-order valence-corrected chi connectivity index (χ1v) is 12.4. The average molecular weight is 495 g/mol. The molecule has 0 radical (unpaired) electrons. The molecule has 9 nitrogen and oxygen atoms in total. The van der Waals surface area contributed by atoms with Gasteiger partial charge in [0.15, 0.2) is 0 Å². The summed E-state index contributed by atoms with van der Waals surface area (Å²) in [5.74, 6) is 0.0321. The van der Waals surface area contributed by atoms with E-state index in [4.69, 9.17) is 9.47 Å². The molecule has 3 amide bonds. The highest BCUT2D eigenvalue weighted by Gasteiger charge is 2.32. The van der Waals surface area contributed by atoms with Crippen LogP contribution in [0.25, 0.3) is 0 Å². The Labute approximate surface area is 211 Å². The van der Waals surface area contributed by atoms with E-state index >= 15 is 0 Å². The number of ether oxygens (including phenoxy) is 2. The lowest BCUT2D eigenvalue weighted by atomic mass is 10.0. The van der Waals surface area contributed by atoms with Crippen LogP contribution < -0.4 is 10.1 Å². The molecule has 4 rings (SSSR count). The summed E-state index contributed by atoms with van der Waals surface area (Å²) >= 11 is 0. The highest BCUT2D eigenvalue weighted by molar-refractivity contribution is 6.00. The van der Waals surface area contributed by atoms with Crippen molar-refractivity contribution in [1.82, 2.24) is 14.8 Å². The molecule has 1 aliphatic carbocycles. The Morgan fingerprint density at radius 2 is 1.83 bits per heavy atom. The van der Waals surface area contributed by atoms with Gasteiger partial charge in [0.25, 0.3) is 11.8 Å². The fourth-order valence-corrected chi connectivity index (χ4v) is 4.39. The normalized spacial score (nSPS) is 23.1. The second-order valence-electron chi connectivity index (χ2n) is 9.77. The van der Waals surface area contributed by atoms with Gasteiger partial charge in [-0.3, -0.25) is 19.4 Å². The molecule has 0 saturated heterocycles. The lowest BCUT2D eigenvalue weighted by Crippen LogP contribution is -2.48. The maximum atomic E-state index is 13.5. The number of anilines is 1. The molecular weight excluding hydrogens is 460 g/mol. The van der Waals surface area contributed by atoms with Gasteiger partial charge in [0.05, 0.1) is 17.7 Å². The van der Waals surface area contributed by atoms with E-state index in [0.717, 1.165) is 12.8 Å². The fraction of sp³-hybridized carbons (Fsp3) is 0.481. The van der Waals surface area contributed by atoms with Gasteiger partial charge in [-0.05, 0) is 50.1 Å². The smallest absolute Gasteiger partial charge is 0.257 e. The molecule has 0 spiro atoms. The molecule has 2 aromatic rings. The highest BCUT2D eigenvalue weighted by atomic mass is 16.5. The van der Waals surface area contributed by atoms with Crippen molar-refractivity contribution in [3.8, 4) is 5.75 Å². The summed E-state index contributed by atoms with van der Waals surface area (Å²) in [6, 6.07) is 8.22. The van der Waals surface area contributed by atoms with E-state index < -0.39 is 0 Å². The fourth-order valence-electron chi connectivity index (χ4n) is 4.39. The van der Waals surface area contributed by atoms with Crippen LogP contribution in [0.1, 0.15) is 47.4 Å². The number of pyridine rings is 1. The first-order chi connectivity index (χ1) is 17.3. The highest BCUT2D eigenvalue weighted by Crippen LogP contribution is 2.31. The van der Waals surface area contributed by atoms with Gasteiger partial charge in [-0.25, -0.2) is 0 Å². The molecule has 1 N–H and O–H groups in total. The van der Waals surface area contributed by atoms with Crippen LogP contribution in [0, 0.1) is 11.8 Å². The van der Waals surface area contributed by atoms with Crippen molar-refractivity contribution in [2.75, 3.05) is 39.2 Å². The second-order valence-corrected chi connectivity index (χ2v) is 9.77. The maximum absolute atomic E-state index is 13.5. The Kier molecular flexibility index (Phi) is 7.88. The van der Waals surface area contributed by atoms with Crippen LogP contribution in [-0.2, 0) is 9.53 Å². The summed E-state index contributed by atoms with van der Waals surface area (Å²) < 4.78 is 11.9. The van der Waals surface area contributed by atoms with Gasteiger partial charge in [0.1, 0.15) is 12.4 Å². The van der Waals surface area contributed by atoms with Gasteiger partial charge >= 0.3 is 0 Å².